The molecule has 0 fully saturated rings. The maximum atomic E-state index is 12.0. The maximum absolute atomic E-state index is 12.0. The van der Waals surface area contributed by atoms with Crippen LogP contribution in [0.25, 0.3) is 10.2 Å². The van der Waals surface area contributed by atoms with Gasteiger partial charge >= 0.3 is 0 Å². The molecule has 1 aromatic heterocycles. The monoisotopic (exact) mass is 389 g/mol. The molecule has 1 heterocycles. The second-order valence-corrected chi connectivity index (χ2v) is 7.56. The molecular weight excluding hydrogens is 374 g/mol. The highest BCUT2D eigenvalue weighted by Gasteiger charge is 2.11. The number of methoxy groups -OCH3 is 1. The van der Waals surface area contributed by atoms with Crippen LogP contribution >= 0.6 is 23.1 Å². The van der Waals surface area contributed by atoms with E-state index in [1.807, 2.05) is 24.3 Å². The first-order valence-corrected chi connectivity index (χ1v) is 9.43. The van der Waals surface area contributed by atoms with Crippen molar-refractivity contribution >= 4 is 44.9 Å². The van der Waals surface area contributed by atoms with Gasteiger partial charge in [-0.2, -0.15) is 0 Å². The zero-order chi connectivity index (χ0) is 18.5. The van der Waals surface area contributed by atoms with Crippen molar-refractivity contribution in [3.05, 3.63) is 58.1 Å². The first-order chi connectivity index (χ1) is 12.5. The number of carbonyl (C=O) groups is 1. The standard InChI is InChI=1S/C17H15N3O4S2/c1-24-13-5-2-11(3-6-13)9-18-16(21)10-25-17-19-14-7-4-12(20(22)23)8-15(14)26-17/h2-8H,9-10H2,1H3,(H,18,21). The number of nitrogens with zero attached hydrogens (tertiary/aromatic N) is 2. The van der Waals surface area contributed by atoms with E-state index in [1.54, 1.807) is 13.2 Å². The lowest BCUT2D eigenvalue weighted by atomic mass is 10.2. The molecule has 0 bridgehead atoms. The van der Waals surface area contributed by atoms with Gasteiger partial charge in [0.05, 0.1) is 28.0 Å². The predicted octanol–water partition coefficient (Wildman–Crippen LogP) is 3.62. The van der Waals surface area contributed by atoms with Gasteiger partial charge in [0.2, 0.25) is 5.91 Å². The molecule has 0 aliphatic rings. The third-order valence-electron chi connectivity index (χ3n) is 3.54. The average molecular weight is 389 g/mol. The lowest BCUT2D eigenvalue weighted by Gasteiger charge is -2.05. The fraction of sp³-hybridized carbons (Fsp3) is 0.176. The molecule has 3 aromatic rings. The molecule has 3 rings (SSSR count). The van der Waals surface area contributed by atoms with Crippen molar-refractivity contribution in [3.63, 3.8) is 0 Å². The number of carbonyl (C=O) groups excluding carboxylic acids is 1. The van der Waals surface area contributed by atoms with Gasteiger partial charge in [-0.15, -0.1) is 11.3 Å². The number of amides is 1. The zero-order valence-corrected chi connectivity index (χ0v) is 15.4. The number of thiazole rings is 1. The summed E-state index contributed by atoms with van der Waals surface area (Å²) in [5.41, 5.74) is 1.72. The lowest BCUT2D eigenvalue weighted by molar-refractivity contribution is -0.384. The van der Waals surface area contributed by atoms with Crippen molar-refractivity contribution in [2.75, 3.05) is 12.9 Å². The minimum absolute atomic E-state index is 0.0370. The maximum Gasteiger partial charge on any atom is 0.270 e. The molecule has 9 heteroatoms. The molecule has 2 aromatic carbocycles. The van der Waals surface area contributed by atoms with E-state index in [9.17, 15) is 14.9 Å². The van der Waals surface area contributed by atoms with Crippen molar-refractivity contribution in [2.45, 2.75) is 10.9 Å². The number of rotatable bonds is 7. The summed E-state index contributed by atoms with van der Waals surface area (Å²) in [5, 5.41) is 13.7. The van der Waals surface area contributed by atoms with E-state index in [2.05, 4.69) is 10.3 Å². The normalized spacial score (nSPS) is 10.7. The molecule has 0 radical (unpaired) electrons. The van der Waals surface area contributed by atoms with Crippen LogP contribution in [0.15, 0.2) is 46.8 Å². The SMILES string of the molecule is COc1ccc(CNC(=O)CSc2nc3ccc([N+](=O)[O-])cc3s2)cc1. The lowest BCUT2D eigenvalue weighted by Crippen LogP contribution is -2.24. The number of nitro groups is 1. The number of non-ortho nitro benzene ring substituents is 1. The Morgan fingerprint density at radius 1 is 1.31 bits per heavy atom. The molecule has 0 spiro atoms. The van der Waals surface area contributed by atoms with Gasteiger partial charge in [0.15, 0.2) is 4.34 Å². The molecule has 1 N–H and O–H groups in total. The Morgan fingerprint density at radius 3 is 2.77 bits per heavy atom. The van der Waals surface area contributed by atoms with E-state index < -0.39 is 4.92 Å². The molecule has 0 atom stereocenters. The largest absolute Gasteiger partial charge is 0.497 e. The van der Waals surface area contributed by atoms with E-state index in [0.717, 1.165) is 16.0 Å². The van der Waals surface area contributed by atoms with Crippen molar-refractivity contribution in [2.24, 2.45) is 0 Å². The summed E-state index contributed by atoms with van der Waals surface area (Å²) in [4.78, 5) is 26.8. The highest BCUT2D eigenvalue weighted by atomic mass is 32.2. The predicted molar refractivity (Wildman–Crippen MR) is 102 cm³/mol. The molecule has 0 aliphatic heterocycles. The van der Waals surface area contributed by atoms with Gasteiger partial charge in [0.1, 0.15) is 5.75 Å². The van der Waals surface area contributed by atoms with Gasteiger partial charge in [-0.1, -0.05) is 23.9 Å². The number of hydrogen-bond acceptors (Lipinski definition) is 7. The first kappa shape index (κ1) is 18.2. The summed E-state index contributed by atoms with van der Waals surface area (Å²) in [5.74, 6) is 0.903. The Labute approximate surface area is 157 Å². The van der Waals surface area contributed by atoms with Crippen molar-refractivity contribution < 1.29 is 14.5 Å². The van der Waals surface area contributed by atoms with Crippen LogP contribution in [-0.4, -0.2) is 28.7 Å². The number of nitrogens with one attached hydrogen (secondary N) is 1. The van der Waals surface area contributed by atoms with Crippen LogP contribution in [0, 0.1) is 10.1 Å². The number of nitro benzene ring substituents is 1. The molecule has 1 amide bonds. The van der Waals surface area contributed by atoms with E-state index in [1.165, 1.54) is 35.2 Å². The van der Waals surface area contributed by atoms with E-state index in [0.29, 0.717) is 16.4 Å². The number of hydrogen-bond donors (Lipinski definition) is 1. The van der Waals surface area contributed by atoms with Gasteiger partial charge in [0, 0.05) is 18.7 Å². The summed E-state index contributed by atoms with van der Waals surface area (Å²) in [6.45, 7) is 0.440. The molecule has 134 valence electrons. The van der Waals surface area contributed by atoms with Crippen LogP contribution in [-0.2, 0) is 11.3 Å². The van der Waals surface area contributed by atoms with Crippen molar-refractivity contribution in [1.29, 1.82) is 0 Å². The second-order valence-electron chi connectivity index (χ2n) is 5.30. The summed E-state index contributed by atoms with van der Waals surface area (Å²) in [6.07, 6.45) is 0. The topological polar surface area (TPSA) is 94.4 Å². The summed E-state index contributed by atoms with van der Waals surface area (Å²) < 4.78 is 6.54. The van der Waals surface area contributed by atoms with Crippen LogP contribution < -0.4 is 10.1 Å². The van der Waals surface area contributed by atoms with Crippen molar-refractivity contribution in [3.8, 4) is 5.75 Å². The third-order valence-corrected chi connectivity index (χ3v) is 5.70. The van der Waals surface area contributed by atoms with Gasteiger partial charge in [-0.25, -0.2) is 4.98 Å². The quantitative estimate of drug-likeness (QED) is 0.377. The van der Waals surface area contributed by atoms with Gasteiger partial charge < -0.3 is 10.1 Å². The van der Waals surface area contributed by atoms with Crippen LogP contribution in [0.4, 0.5) is 5.69 Å². The molecule has 26 heavy (non-hydrogen) atoms. The van der Waals surface area contributed by atoms with Crippen molar-refractivity contribution in [1.82, 2.24) is 10.3 Å². The number of ether oxygens (including phenoxy) is 1. The highest BCUT2D eigenvalue weighted by molar-refractivity contribution is 8.01. The minimum atomic E-state index is -0.432. The number of thioether (sulfide) groups is 1. The Balaban J connectivity index is 1.53. The summed E-state index contributed by atoms with van der Waals surface area (Å²) >= 11 is 2.66. The highest BCUT2D eigenvalue weighted by Crippen LogP contribution is 2.31. The van der Waals surface area contributed by atoms with Crippen LogP contribution in [0.1, 0.15) is 5.56 Å². The van der Waals surface area contributed by atoms with E-state index in [4.69, 9.17) is 4.74 Å². The Hall–Kier alpha value is -2.65. The number of benzene rings is 2. The van der Waals surface area contributed by atoms with Gasteiger partial charge in [-0.3, -0.25) is 14.9 Å². The Kier molecular flexibility index (Phi) is 5.69. The molecule has 0 unspecified atom stereocenters. The molecule has 0 saturated carbocycles. The third kappa shape index (κ3) is 4.50. The summed E-state index contributed by atoms with van der Waals surface area (Å²) in [6, 6.07) is 12.0. The zero-order valence-electron chi connectivity index (χ0n) is 13.8. The molecule has 7 nitrogen and oxygen atoms in total. The smallest absolute Gasteiger partial charge is 0.270 e. The second kappa shape index (κ2) is 8.15. The average Bonchev–Trinajstić information content (AvgIpc) is 3.07. The molecule has 0 saturated heterocycles. The van der Waals surface area contributed by atoms with Crippen LogP contribution in [0.5, 0.6) is 5.75 Å². The fourth-order valence-electron chi connectivity index (χ4n) is 2.19. The van der Waals surface area contributed by atoms with Crippen LogP contribution in [0.2, 0.25) is 0 Å². The number of aromatic nitrogens is 1. The fourth-order valence-corrected chi connectivity index (χ4v) is 4.12. The molecule has 0 aliphatic carbocycles. The Bertz CT molecular complexity index is 941. The number of fused-ring (bicyclic) bond motifs is 1. The van der Waals surface area contributed by atoms with Crippen LogP contribution in [0.3, 0.4) is 0 Å². The van der Waals surface area contributed by atoms with Gasteiger partial charge in [-0.05, 0) is 23.8 Å². The minimum Gasteiger partial charge on any atom is -0.497 e. The van der Waals surface area contributed by atoms with E-state index in [-0.39, 0.29) is 17.3 Å². The molecular formula is C17H15N3O4S2. The first-order valence-electron chi connectivity index (χ1n) is 7.62. The Morgan fingerprint density at radius 2 is 2.08 bits per heavy atom. The van der Waals surface area contributed by atoms with Gasteiger partial charge in [0.25, 0.3) is 5.69 Å². The van der Waals surface area contributed by atoms with E-state index >= 15 is 0 Å². The summed E-state index contributed by atoms with van der Waals surface area (Å²) in [7, 11) is 1.61.